The van der Waals surface area contributed by atoms with Crippen molar-refractivity contribution in [2.75, 3.05) is 4.90 Å². The zero-order chi connectivity index (χ0) is 25.0. The van der Waals surface area contributed by atoms with Crippen molar-refractivity contribution in [2.24, 2.45) is 0 Å². The minimum Gasteiger partial charge on any atom is -0.311 e. The maximum atomic E-state index is 2.34. The van der Waals surface area contributed by atoms with Crippen LogP contribution in [0.2, 0.25) is 0 Å². The summed E-state index contributed by atoms with van der Waals surface area (Å²) in [5, 5.41) is 0. The highest BCUT2D eigenvalue weighted by atomic mass is 15.1. The molecule has 0 radical (unpaired) electrons. The summed E-state index contributed by atoms with van der Waals surface area (Å²) < 4.78 is 0. The second-order valence-corrected chi connectivity index (χ2v) is 9.95. The fraction of sp³-hybridized carbons (Fsp3) is 0.143. The second kappa shape index (κ2) is 10.3. The van der Waals surface area contributed by atoms with Crippen molar-refractivity contribution in [3.8, 4) is 22.3 Å². The van der Waals surface area contributed by atoms with E-state index in [9.17, 15) is 0 Å². The fourth-order valence-corrected chi connectivity index (χ4v) is 4.58. The van der Waals surface area contributed by atoms with E-state index < -0.39 is 0 Å². The number of benzene rings is 5. The smallest absolute Gasteiger partial charge is 0.0462 e. The maximum absolute atomic E-state index is 2.34. The Morgan fingerprint density at radius 3 is 1.14 bits per heavy atom. The first kappa shape index (κ1) is 23.6. The highest BCUT2D eigenvalue weighted by Crippen LogP contribution is 2.38. The lowest BCUT2D eigenvalue weighted by Gasteiger charge is -2.28. The molecule has 0 saturated heterocycles. The van der Waals surface area contributed by atoms with Gasteiger partial charge in [-0.2, -0.15) is 0 Å². The van der Waals surface area contributed by atoms with E-state index in [1.54, 1.807) is 0 Å². The molecule has 1 heteroatoms. The van der Waals surface area contributed by atoms with Crippen LogP contribution >= 0.6 is 0 Å². The van der Waals surface area contributed by atoms with Crippen LogP contribution in [-0.4, -0.2) is 0 Å². The average molecular weight is 468 g/mol. The third-order valence-corrected chi connectivity index (χ3v) is 7.26. The first-order chi connectivity index (χ1) is 17.5. The normalized spacial score (nSPS) is 11.3. The Kier molecular flexibility index (Phi) is 6.73. The van der Waals surface area contributed by atoms with Crippen LogP contribution < -0.4 is 4.90 Å². The molecule has 0 aliphatic heterocycles. The van der Waals surface area contributed by atoms with Crippen molar-refractivity contribution in [3.63, 3.8) is 0 Å². The predicted molar refractivity (Wildman–Crippen MR) is 155 cm³/mol. The molecule has 5 aromatic carbocycles. The standard InChI is InChI=1S/C35H33N/c1-4-35(2,3)31-19-25-34(26-20-31)36(32-21-15-29(16-22-32)27-11-7-5-8-12-27)33-23-17-30(18-24-33)28-13-9-6-10-14-28/h5-26H,4H2,1-3H3. The van der Waals surface area contributed by atoms with Crippen LogP contribution in [-0.2, 0) is 5.41 Å². The minimum absolute atomic E-state index is 0.165. The molecular formula is C35H33N. The van der Waals surface area contributed by atoms with E-state index in [0.29, 0.717) is 0 Å². The predicted octanol–water partition coefficient (Wildman–Crippen LogP) is 10.2. The van der Waals surface area contributed by atoms with Crippen LogP contribution in [0.4, 0.5) is 17.1 Å². The summed E-state index contributed by atoms with van der Waals surface area (Å²) in [7, 11) is 0. The molecule has 0 saturated carbocycles. The lowest BCUT2D eigenvalue weighted by atomic mass is 9.82. The molecular weight excluding hydrogens is 434 g/mol. The molecule has 0 bridgehead atoms. The van der Waals surface area contributed by atoms with Gasteiger partial charge in [0, 0.05) is 17.1 Å². The van der Waals surface area contributed by atoms with Crippen LogP contribution in [0.1, 0.15) is 32.8 Å². The van der Waals surface area contributed by atoms with Crippen LogP contribution in [0.3, 0.4) is 0 Å². The highest BCUT2D eigenvalue weighted by molar-refractivity contribution is 5.79. The fourth-order valence-electron chi connectivity index (χ4n) is 4.58. The van der Waals surface area contributed by atoms with Gasteiger partial charge in [0.05, 0.1) is 0 Å². The van der Waals surface area contributed by atoms with E-state index in [0.717, 1.165) is 23.5 Å². The van der Waals surface area contributed by atoms with E-state index in [2.05, 4.69) is 159 Å². The van der Waals surface area contributed by atoms with E-state index in [1.807, 2.05) is 0 Å². The van der Waals surface area contributed by atoms with E-state index in [-0.39, 0.29) is 5.41 Å². The molecule has 0 N–H and O–H groups in total. The first-order valence-electron chi connectivity index (χ1n) is 12.8. The van der Waals surface area contributed by atoms with Crippen LogP contribution in [0, 0.1) is 0 Å². The summed E-state index contributed by atoms with van der Waals surface area (Å²) in [4.78, 5) is 2.34. The molecule has 0 unspecified atom stereocenters. The van der Waals surface area contributed by atoms with Crippen molar-refractivity contribution in [1.29, 1.82) is 0 Å². The van der Waals surface area contributed by atoms with Gasteiger partial charge in [0.1, 0.15) is 0 Å². The third kappa shape index (κ3) is 4.97. The molecule has 5 rings (SSSR count). The van der Waals surface area contributed by atoms with Gasteiger partial charge in [0.25, 0.3) is 0 Å². The molecule has 178 valence electrons. The Morgan fingerprint density at radius 1 is 0.444 bits per heavy atom. The Balaban J connectivity index is 1.54. The molecule has 0 aromatic heterocycles. The topological polar surface area (TPSA) is 3.24 Å². The number of hydrogen-bond donors (Lipinski definition) is 0. The van der Waals surface area contributed by atoms with Crippen molar-refractivity contribution >= 4 is 17.1 Å². The number of anilines is 3. The quantitative estimate of drug-likeness (QED) is 0.230. The van der Waals surface area contributed by atoms with Crippen molar-refractivity contribution in [2.45, 2.75) is 32.6 Å². The summed E-state index contributed by atoms with van der Waals surface area (Å²) in [5.74, 6) is 0. The Labute approximate surface area is 215 Å². The van der Waals surface area contributed by atoms with Crippen LogP contribution in [0.25, 0.3) is 22.3 Å². The van der Waals surface area contributed by atoms with E-state index in [1.165, 1.54) is 27.8 Å². The third-order valence-electron chi connectivity index (χ3n) is 7.26. The molecule has 5 aromatic rings. The largest absolute Gasteiger partial charge is 0.311 e. The van der Waals surface area contributed by atoms with E-state index in [4.69, 9.17) is 0 Å². The van der Waals surface area contributed by atoms with Gasteiger partial charge in [-0.15, -0.1) is 0 Å². The van der Waals surface area contributed by atoms with Gasteiger partial charge in [-0.25, -0.2) is 0 Å². The van der Waals surface area contributed by atoms with Crippen molar-refractivity contribution in [1.82, 2.24) is 0 Å². The summed E-state index contributed by atoms with van der Waals surface area (Å²) in [6.07, 6.45) is 1.11. The van der Waals surface area contributed by atoms with Gasteiger partial charge >= 0.3 is 0 Å². The monoisotopic (exact) mass is 467 g/mol. The summed E-state index contributed by atoms with van der Waals surface area (Å²) in [6, 6.07) is 47.9. The van der Waals surface area contributed by atoms with Crippen molar-refractivity contribution < 1.29 is 0 Å². The van der Waals surface area contributed by atoms with Crippen LogP contribution in [0.5, 0.6) is 0 Å². The molecule has 1 nitrogen and oxygen atoms in total. The van der Waals surface area contributed by atoms with Gasteiger partial charge in [0.15, 0.2) is 0 Å². The van der Waals surface area contributed by atoms with Gasteiger partial charge in [-0.05, 0) is 76.1 Å². The van der Waals surface area contributed by atoms with Crippen LogP contribution in [0.15, 0.2) is 133 Å². The van der Waals surface area contributed by atoms with Gasteiger partial charge in [0.2, 0.25) is 0 Å². The number of nitrogens with zero attached hydrogens (tertiary/aromatic N) is 1. The number of rotatable bonds is 7. The summed E-state index contributed by atoms with van der Waals surface area (Å²) in [6.45, 7) is 6.87. The molecule has 0 atom stereocenters. The zero-order valence-electron chi connectivity index (χ0n) is 21.4. The molecule has 36 heavy (non-hydrogen) atoms. The molecule has 0 aliphatic rings. The Bertz CT molecular complexity index is 1300. The lowest BCUT2D eigenvalue weighted by molar-refractivity contribution is 0.506. The number of hydrogen-bond acceptors (Lipinski definition) is 1. The maximum Gasteiger partial charge on any atom is 0.0462 e. The molecule has 0 spiro atoms. The van der Waals surface area contributed by atoms with E-state index >= 15 is 0 Å². The molecule has 0 amide bonds. The Hall–Kier alpha value is -4.10. The SMILES string of the molecule is CCC(C)(C)c1ccc(N(c2ccc(-c3ccccc3)cc2)c2ccc(-c3ccccc3)cc2)cc1. The summed E-state index contributed by atoms with van der Waals surface area (Å²) >= 11 is 0. The minimum atomic E-state index is 0.165. The highest BCUT2D eigenvalue weighted by Gasteiger charge is 2.19. The molecule has 0 fully saturated rings. The van der Waals surface area contributed by atoms with Crippen molar-refractivity contribution in [3.05, 3.63) is 139 Å². The molecule has 0 heterocycles. The van der Waals surface area contributed by atoms with Gasteiger partial charge in [-0.3, -0.25) is 0 Å². The second-order valence-electron chi connectivity index (χ2n) is 9.95. The average Bonchev–Trinajstić information content (AvgIpc) is 2.95. The zero-order valence-corrected chi connectivity index (χ0v) is 21.4. The summed E-state index contributed by atoms with van der Waals surface area (Å²) in [5.41, 5.74) is 9.88. The Morgan fingerprint density at radius 2 is 0.778 bits per heavy atom. The first-order valence-corrected chi connectivity index (χ1v) is 12.8. The van der Waals surface area contributed by atoms with Gasteiger partial charge in [-0.1, -0.05) is 118 Å². The molecule has 0 aliphatic carbocycles. The lowest BCUT2D eigenvalue weighted by Crippen LogP contribution is -2.16. The van der Waals surface area contributed by atoms with Gasteiger partial charge < -0.3 is 4.90 Å².